The topological polar surface area (TPSA) is 0 Å². The van der Waals surface area contributed by atoms with Crippen LogP contribution >= 0.6 is 0 Å². The van der Waals surface area contributed by atoms with E-state index in [0.717, 1.165) is 17.8 Å². The van der Waals surface area contributed by atoms with Crippen LogP contribution in [-0.4, -0.2) is 0 Å². The van der Waals surface area contributed by atoms with E-state index in [1.54, 1.807) is 0 Å². The lowest BCUT2D eigenvalue weighted by Crippen LogP contribution is -2.13. The van der Waals surface area contributed by atoms with E-state index in [-0.39, 0.29) is 0 Å². The zero-order valence-corrected chi connectivity index (χ0v) is 11.5. The molecule has 0 heterocycles. The SMILES string of the molecule is CCCC1CCC(C#CC2CCCCC2)CC1. The molecule has 0 spiro atoms. The summed E-state index contributed by atoms with van der Waals surface area (Å²) in [5.74, 6) is 9.70. The van der Waals surface area contributed by atoms with E-state index >= 15 is 0 Å². The fraction of sp³-hybridized carbons (Fsp3) is 0.882. The predicted molar refractivity (Wildman–Crippen MR) is 74.7 cm³/mol. The van der Waals surface area contributed by atoms with Crippen LogP contribution in [0.4, 0.5) is 0 Å². The van der Waals surface area contributed by atoms with Crippen molar-refractivity contribution in [3.8, 4) is 11.8 Å². The van der Waals surface area contributed by atoms with Gasteiger partial charge in [0.1, 0.15) is 0 Å². The molecule has 0 bridgehead atoms. The van der Waals surface area contributed by atoms with Crippen LogP contribution in [0.25, 0.3) is 0 Å². The summed E-state index contributed by atoms with van der Waals surface area (Å²) in [5.41, 5.74) is 0. The van der Waals surface area contributed by atoms with Crippen LogP contribution in [0.3, 0.4) is 0 Å². The van der Waals surface area contributed by atoms with Crippen molar-refractivity contribution in [2.75, 3.05) is 0 Å². The van der Waals surface area contributed by atoms with Gasteiger partial charge in [0.2, 0.25) is 0 Å². The van der Waals surface area contributed by atoms with Crippen LogP contribution in [0.5, 0.6) is 0 Å². The van der Waals surface area contributed by atoms with Crippen molar-refractivity contribution in [3.63, 3.8) is 0 Å². The first kappa shape index (κ1) is 13.0. The maximum Gasteiger partial charge on any atom is 0.0203 e. The Bertz CT molecular complexity index is 253. The van der Waals surface area contributed by atoms with Gasteiger partial charge in [-0.05, 0) is 44.4 Å². The van der Waals surface area contributed by atoms with Gasteiger partial charge in [-0.1, -0.05) is 50.9 Å². The first-order valence-corrected chi connectivity index (χ1v) is 7.89. The van der Waals surface area contributed by atoms with Crippen molar-refractivity contribution in [1.29, 1.82) is 0 Å². The van der Waals surface area contributed by atoms with Gasteiger partial charge in [-0.25, -0.2) is 0 Å². The van der Waals surface area contributed by atoms with E-state index in [1.165, 1.54) is 70.6 Å². The molecule has 0 saturated heterocycles. The van der Waals surface area contributed by atoms with E-state index in [1.807, 2.05) is 0 Å². The molecular weight excluding hydrogens is 204 g/mol. The van der Waals surface area contributed by atoms with Gasteiger partial charge in [0, 0.05) is 11.8 Å². The Morgan fingerprint density at radius 3 is 1.94 bits per heavy atom. The first-order valence-electron chi connectivity index (χ1n) is 7.89. The molecule has 2 aliphatic rings. The van der Waals surface area contributed by atoms with Gasteiger partial charge in [-0.3, -0.25) is 0 Å². The van der Waals surface area contributed by atoms with Gasteiger partial charge in [-0.2, -0.15) is 0 Å². The van der Waals surface area contributed by atoms with Crippen molar-refractivity contribution >= 4 is 0 Å². The highest BCUT2D eigenvalue weighted by atomic mass is 14.2. The summed E-state index contributed by atoms with van der Waals surface area (Å²) in [7, 11) is 0. The molecule has 0 radical (unpaired) electrons. The van der Waals surface area contributed by atoms with Crippen molar-refractivity contribution in [3.05, 3.63) is 0 Å². The Kier molecular flexibility index (Phi) is 5.43. The molecule has 0 N–H and O–H groups in total. The molecule has 0 aliphatic heterocycles. The second-order valence-electron chi connectivity index (χ2n) is 6.13. The fourth-order valence-electron chi connectivity index (χ4n) is 3.49. The Hall–Kier alpha value is -0.440. The molecule has 0 heteroatoms. The molecule has 0 unspecified atom stereocenters. The maximum atomic E-state index is 3.60. The average Bonchev–Trinajstić information content (AvgIpc) is 2.40. The molecule has 2 rings (SSSR count). The van der Waals surface area contributed by atoms with Crippen LogP contribution < -0.4 is 0 Å². The van der Waals surface area contributed by atoms with Crippen LogP contribution in [0.2, 0.25) is 0 Å². The Labute approximate surface area is 108 Å². The van der Waals surface area contributed by atoms with Crippen molar-refractivity contribution in [1.82, 2.24) is 0 Å². The summed E-state index contributed by atoms with van der Waals surface area (Å²) in [4.78, 5) is 0. The second-order valence-corrected chi connectivity index (χ2v) is 6.13. The van der Waals surface area contributed by atoms with Gasteiger partial charge < -0.3 is 0 Å². The highest BCUT2D eigenvalue weighted by Gasteiger charge is 2.19. The monoisotopic (exact) mass is 232 g/mol. The lowest BCUT2D eigenvalue weighted by molar-refractivity contribution is 0.299. The third kappa shape index (κ3) is 4.38. The summed E-state index contributed by atoms with van der Waals surface area (Å²) in [6, 6.07) is 0. The third-order valence-electron chi connectivity index (χ3n) is 4.64. The van der Waals surface area contributed by atoms with Crippen molar-refractivity contribution < 1.29 is 0 Å². The lowest BCUT2D eigenvalue weighted by Gasteiger charge is -2.25. The highest BCUT2D eigenvalue weighted by Crippen LogP contribution is 2.31. The molecule has 17 heavy (non-hydrogen) atoms. The molecule has 0 amide bonds. The number of hydrogen-bond acceptors (Lipinski definition) is 0. The summed E-state index contributed by atoms with van der Waals surface area (Å²) in [5, 5.41) is 0. The minimum absolute atomic E-state index is 0.741. The normalized spacial score (nSPS) is 30.6. The van der Waals surface area contributed by atoms with E-state index < -0.39 is 0 Å². The fourth-order valence-corrected chi connectivity index (χ4v) is 3.49. The van der Waals surface area contributed by atoms with Crippen LogP contribution in [0.1, 0.15) is 77.6 Å². The molecule has 0 aromatic heterocycles. The van der Waals surface area contributed by atoms with Gasteiger partial charge in [0.25, 0.3) is 0 Å². The first-order chi connectivity index (χ1) is 8.38. The molecule has 2 saturated carbocycles. The number of rotatable bonds is 2. The van der Waals surface area contributed by atoms with Gasteiger partial charge in [-0.15, -0.1) is 0 Å². The van der Waals surface area contributed by atoms with Gasteiger partial charge >= 0.3 is 0 Å². The lowest BCUT2D eigenvalue weighted by atomic mass is 9.80. The van der Waals surface area contributed by atoms with Crippen molar-refractivity contribution in [2.45, 2.75) is 77.6 Å². The Morgan fingerprint density at radius 2 is 1.35 bits per heavy atom. The smallest absolute Gasteiger partial charge is 0.0203 e. The zero-order valence-electron chi connectivity index (χ0n) is 11.5. The van der Waals surface area contributed by atoms with Crippen LogP contribution in [-0.2, 0) is 0 Å². The summed E-state index contributed by atoms with van der Waals surface area (Å²) in [6.45, 7) is 2.31. The predicted octanol–water partition coefficient (Wildman–Crippen LogP) is 5.18. The molecule has 2 fully saturated rings. The standard InChI is InChI=1S/C17H28/c1-2-6-15-9-12-17(13-10-15)14-11-16-7-4-3-5-8-16/h15-17H,2-10,12-13H2,1H3. The molecule has 0 aromatic rings. The van der Waals surface area contributed by atoms with Gasteiger partial charge in [0.05, 0.1) is 0 Å². The summed E-state index contributed by atoms with van der Waals surface area (Å²) >= 11 is 0. The van der Waals surface area contributed by atoms with Gasteiger partial charge in [0.15, 0.2) is 0 Å². The Morgan fingerprint density at radius 1 is 0.765 bits per heavy atom. The van der Waals surface area contributed by atoms with E-state index in [9.17, 15) is 0 Å². The van der Waals surface area contributed by atoms with Crippen LogP contribution in [0.15, 0.2) is 0 Å². The molecule has 0 nitrogen and oxygen atoms in total. The second kappa shape index (κ2) is 7.10. The molecule has 0 atom stereocenters. The van der Waals surface area contributed by atoms with E-state index in [2.05, 4.69) is 18.8 Å². The molecule has 0 aromatic carbocycles. The summed E-state index contributed by atoms with van der Waals surface area (Å²) in [6.07, 6.45) is 15.5. The minimum atomic E-state index is 0.741. The molecule has 96 valence electrons. The summed E-state index contributed by atoms with van der Waals surface area (Å²) < 4.78 is 0. The quantitative estimate of drug-likeness (QED) is 0.576. The highest BCUT2D eigenvalue weighted by molar-refractivity contribution is 5.08. The number of hydrogen-bond donors (Lipinski definition) is 0. The zero-order chi connectivity index (χ0) is 11.9. The van der Waals surface area contributed by atoms with E-state index in [0.29, 0.717) is 0 Å². The Balaban J connectivity index is 1.71. The molecule has 2 aliphatic carbocycles. The van der Waals surface area contributed by atoms with Crippen LogP contribution in [0, 0.1) is 29.6 Å². The molecular formula is C17H28. The van der Waals surface area contributed by atoms with E-state index in [4.69, 9.17) is 0 Å². The largest absolute Gasteiger partial charge is 0.0996 e. The third-order valence-corrected chi connectivity index (χ3v) is 4.64. The maximum absolute atomic E-state index is 3.60. The minimum Gasteiger partial charge on any atom is -0.0996 e. The average molecular weight is 232 g/mol. The van der Waals surface area contributed by atoms with Crippen molar-refractivity contribution in [2.24, 2.45) is 17.8 Å².